The molecular formula is C22H23ClN4O3S2. The molecule has 10 heteroatoms. The van der Waals surface area contributed by atoms with Gasteiger partial charge >= 0.3 is 0 Å². The lowest BCUT2D eigenvalue weighted by Gasteiger charge is -2.36. The van der Waals surface area contributed by atoms with Gasteiger partial charge in [-0.05, 0) is 30.3 Å². The molecule has 3 aliphatic heterocycles. The number of rotatable bonds is 3. The van der Waals surface area contributed by atoms with Gasteiger partial charge in [0, 0.05) is 42.7 Å². The summed E-state index contributed by atoms with van der Waals surface area (Å²) in [6.07, 6.45) is 0. The molecule has 3 aliphatic rings. The van der Waals surface area contributed by atoms with Crippen LogP contribution in [0.5, 0.6) is 0 Å². The van der Waals surface area contributed by atoms with Gasteiger partial charge in [-0.25, -0.2) is 8.42 Å². The zero-order chi connectivity index (χ0) is 22.3. The predicted molar refractivity (Wildman–Crippen MR) is 131 cm³/mol. The minimum absolute atomic E-state index is 0.0265. The van der Waals surface area contributed by atoms with Gasteiger partial charge in [0.15, 0.2) is 15.0 Å². The Morgan fingerprint density at radius 1 is 1.06 bits per heavy atom. The van der Waals surface area contributed by atoms with E-state index in [1.165, 1.54) is 17.4 Å². The number of hydrogen-bond donors (Lipinski definition) is 1. The van der Waals surface area contributed by atoms with Gasteiger partial charge in [0.1, 0.15) is 0 Å². The number of nitrogens with one attached hydrogen (secondary N) is 1. The van der Waals surface area contributed by atoms with Crippen LogP contribution in [0.3, 0.4) is 0 Å². The molecule has 0 radical (unpaired) electrons. The van der Waals surface area contributed by atoms with Gasteiger partial charge in [0.05, 0.1) is 28.3 Å². The van der Waals surface area contributed by atoms with Crippen LogP contribution in [0.2, 0.25) is 5.02 Å². The van der Waals surface area contributed by atoms with Gasteiger partial charge in [0.25, 0.3) is 5.91 Å². The lowest BCUT2D eigenvalue weighted by Crippen LogP contribution is -2.48. The van der Waals surface area contributed by atoms with Crippen molar-refractivity contribution >= 4 is 55.6 Å². The molecule has 32 heavy (non-hydrogen) atoms. The Kier molecular flexibility index (Phi) is 5.81. The van der Waals surface area contributed by atoms with Crippen molar-refractivity contribution in [2.24, 2.45) is 4.99 Å². The van der Waals surface area contributed by atoms with E-state index in [0.29, 0.717) is 34.5 Å². The van der Waals surface area contributed by atoms with Crippen LogP contribution in [0.25, 0.3) is 0 Å². The van der Waals surface area contributed by atoms with Gasteiger partial charge in [0.2, 0.25) is 0 Å². The highest BCUT2D eigenvalue weighted by atomic mass is 35.5. The molecule has 7 nitrogen and oxygen atoms in total. The van der Waals surface area contributed by atoms with Crippen molar-refractivity contribution in [3.05, 3.63) is 59.1 Å². The van der Waals surface area contributed by atoms with Crippen LogP contribution in [-0.2, 0) is 9.84 Å². The molecule has 2 atom stereocenters. The molecule has 0 bridgehead atoms. The number of carbonyl (C=O) groups excluding carboxylic acids is 1. The number of amidine groups is 1. The first-order valence-electron chi connectivity index (χ1n) is 10.5. The summed E-state index contributed by atoms with van der Waals surface area (Å²) in [5.74, 6) is 0.219. The lowest BCUT2D eigenvalue weighted by molar-refractivity contribution is 0.0747. The van der Waals surface area contributed by atoms with Gasteiger partial charge in [-0.2, -0.15) is 0 Å². The number of halogens is 1. The van der Waals surface area contributed by atoms with E-state index in [2.05, 4.69) is 27.3 Å². The average molecular weight is 491 g/mol. The number of anilines is 2. The second kappa shape index (κ2) is 8.61. The van der Waals surface area contributed by atoms with E-state index in [-0.39, 0.29) is 28.7 Å². The van der Waals surface area contributed by atoms with E-state index < -0.39 is 9.84 Å². The number of para-hydroxylation sites is 1. The maximum Gasteiger partial charge on any atom is 0.254 e. The predicted octanol–water partition coefficient (Wildman–Crippen LogP) is 2.98. The first-order chi connectivity index (χ1) is 15.4. The normalized spacial score (nSPS) is 24.2. The Morgan fingerprint density at radius 3 is 2.53 bits per heavy atom. The Hall–Kier alpha value is -2.23. The standard InChI is InChI=1S/C22H23ClN4O3S2/c23-17-7-6-15(12-18(17)24-22-25-19-13-32(29,30)14-20(19)31-22)21(28)27-10-8-26(9-11-27)16-4-2-1-3-5-16/h1-7,12,19-20H,8-11,13-14H2,(H,24,25)/t19-,20+/m0/s1. The summed E-state index contributed by atoms with van der Waals surface area (Å²) in [5, 5.41) is 4.29. The van der Waals surface area contributed by atoms with Gasteiger partial charge in [-0.3, -0.25) is 9.79 Å². The third-order valence-electron chi connectivity index (χ3n) is 5.96. The summed E-state index contributed by atoms with van der Waals surface area (Å²) < 4.78 is 23.5. The third-order valence-corrected chi connectivity index (χ3v) is 9.43. The first-order valence-corrected chi connectivity index (χ1v) is 13.6. The Labute approximate surface area is 196 Å². The SMILES string of the molecule is O=C(c1ccc(Cl)c(NC2=N[C@H]3CS(=O)(=O)C[C@H]3S2)c1)N1CCN(c2ccccc2)CC1. The van der Waals surface area contributed by atoms with E-state index in [9.17, 15) is 13.2 Å². The van der Waals surface area contributed by atoms with Crippen molar-refractivity contribution in [3.8, 4) is 0 Å². The zero-order valence-corrected chi connectivity index (χ0v) is 19.7. The topological polar surface area (TPSA) is 82.1 Å². The smallest absolute Gasteiger partial charge is 0.254 e. The molecule has 2 aromatic carbocycles. The van der Waals surface area contributed by atoms with Crippen molar-refractivity contribution in [2.75, 3.05) is 47.9 Å². The van der Waals surface area contributed by atoms with Crippen molar-refractivity contribution in [1.82, 2.24) is 4.90 Å². The summed E-state index contributed by atoms with van der Waals surface area (Å²) in [4.78, 5) is 21.8. The first kappa shape index (κ1) is 21.6. The Bertz CT molecular complexity index is 1160. The molecule has 1 amide bonds. The average Bonchev–Trinajstić information content (AvgIpc) is 3.28. The highest BCUT2D eigenvalue weighted by Gasteiger charge is 2.42. The van der Waals surface area contributed by atoms with Crippen LogP contribution in [0.1, 0.15) is 10.4 Å². The number of benzene rings is 2. The highest BCUT2D eigenvalue weighted by Crippen LogP contribution is 2.35. The molecule has 1 N–H and O–H groups in total. The lowest BCUT2D eigenvalue weighted by atomic mass is 10.1. The maximum atomic E-state index is 13.1. The van der Waals surface area contributed by atoms with Crippen molar-refractivity contribution in [2.45, 2.75) is 11.3 Å². The number of hydrogen-bond acceptors (Lipinski definition) is 7. The number of fused-ring (bicyclic) bond motifs is 1. The van der Waals surface area contributed by atoms with Gasteiger partial charge in [-0.1, -0.05) is 41.6 Å². The number of nitrogens with zero attached hydrogens (tertiary/aromatic N) is 3. The quantitative estimate of drug-likeness (QED) is 0.712. The van der Waals surface area contributed by atoms with E-state index in [4.69, 9.17) is 11.6 Å². The minimum Gasteiger partial charge on any atom is -0.368 e. The fourth-order valence-corrected chi connectivity index (χ4v) is 8.11. The van der Waals surface area contributed by atoms with Crippen molar-refractivity contribution < 1.29 is 13.2 Å². The van der Waals surface area contributed by atoms with Crippen LogP contribution in [0.4, 0.5) is 11.4 Å². The fourth-order valence-electron chi connectivity index (χ4n) is 4.27. The molecule has 2 aromatic rings. The molecule has 168 valence electrons. The summed E-state index contributed by atoms with van der Waals surface area (Å²) in [5.41, 5.74) is 2.34. The van der Waals surface area contributed by atoms with E-state index in [1.54, 1.807) is 18.2 Å². The third kappa shape index (κ3) is 4.46. The second-order valence-electron chi connectivity index (χ2n) is 8.17. The molecular weight excluding hydrogens is 468 g/mol. The second-order valence-corrected chi connectivity index (χ2v) is 12.0. The monoisotopic (exact) mass is 490 g/mol. The van der Waals surface area contributed by atoms with Crippen LogP contribution in [-0.4, -0.2) is 73.4 Å². The van der Waals surface area contributed by atoms with Crippen LogP contribution >= 0.6 is 23.4 Å². The molecule has 0 aromatic heterocycles. The number of carbonyl (C=O) groups is 1. The molecule has 0 unspecified atom stereocenters. The van der Waals surface area contributed by atoms with Crippen LogP contribution in [0, 0.1) is 0 Å². The molecule has 3 heterocycles. The van der Waals surface area contributed by atoms with Crippen LogP contribution in [0.15, 0.2) is 53.5 Å². The molecule has 0 aliphatic carbocycles. The molecule has 2 saturated heterocycles. The summed E-state index contributed by atoms with van der Waals surface area (Å²) in [6.45, 7) is 2.88. The van der Waals surface area contributed by atoms with E-state index in [0.717, 1.165) is 13.1 Å². The fraction of sp³-hybridized carbons (Fsp3) is 0.364. The number of thioether (sulfide) groups is 1. The molecule has 2 fully saturated rings. The number of amides is 1. The molecule has 5 rings (SSSR count). The summed E-state index contributed by atoms with van der Waals surface area (Å²) in [6, 6.07) is 15.2. The summed E-state index contributed by atoms with van der Waals surface area (Å²) >= 11 is 7.79. The molecule has 0 spiro atoms. The van der Waals surface area contributed by atoms with Gasteiger partial charge in [-0.15, -0.1) is 0 Å². The minimum atomic E-state index is -3.00. The number of sulfone groups is 1. The maximum absolute atomic E-state index is 13.1. The number of piperazine rings is 1. The highest BCUT2D eigenvalue weighted by molar-refractivity contribution is 8.15. The number of aliphatic imine (C=N–C) groups is 1. The van der Waals surface area contributed by atoms with Crippen LogP contribution < -0.4 is 10.2 Å². The Balaban J connectivity index is 1.25. The van der Waals surface area contributed by atoms with E-state index >= 15 is 0 Å². The molecule has 0 saturated carbocycles. The Morgan fingerprint density at radius 2 is 1.81 bits per heavy atom. The zero-order valence-electron chi connectivity index (χ0n) is 17.3. The van der Waals surface area contributed by atoms with Gasteiger partial charge < -0.3 is 15.1 Å². The largest absolute Gasteiger partial charge is 0.368 e. The van der Waals surface area contributed by atoms with Crippen molar-refractivity contribution in [1.29, 1.82) is 0 Å². The van der Waals surface area contributed by atoms with Crippen molar-refractivity contribution in [3.63, 3.8) is 0 Å². The summed E-state index contributed by atoms with van der Waals surface area (Å²) in [7, 11) is -3.00. The van der Waals surface area contributed by atoms with E-state index in [1.807, 2.05) is 23.1 Å².